The lowest BCUT2D eigenvalue weighted by molar-refractivity contribution is 0.312. The maximum absolute atomic E-state index is 6.07. The van der Waals surface area contributed by atoms with Gasteiger partial charge in [-0.3, -0.25) is 0 Å². The number of fused-ring (bicyclic) bond motifs is 1. The molecule has 3 nitrogen and oxygen atoms in total. The quantitative estimate of drug-likeness (QED) is 0.898. The number of nitrogens with zero attached hydrogens (tertiary/aromatic N) is 2. The number of hydrogen-bond acceptors (Lipinski definition) is 2. The summed E-state index contributed by atoms with van der Waals surface area (Å²) in [6, 6.07) is 4.08. The molecule has 1 saturated carbocycles. The molecule has 0 radical (unpaired) electrons. The highest BCUT2D eigenvalue weighted by molar-refractivity contribution is 5.86. The largest absolute Gasteiger partial charge is 0.328 e. The van der Waals surface area contributed by atoms with E-state index in [0.717, 1.165) is 24.1 Å². The van der Waals surface area contributed by atoms with Crippen LogP contribution in [0.2, 0.25) is 0 Å². The van der Waals surface area contributed by atoms with Crippen molar-refractivity contribution in [1.29, 1.82) is 0 Å². The first kappa shape index (κ1) is 11.5. The Labute approximate surface area is 107 Å². The number of nitrogens with two attached hydrogens (primary N) is 1. The lowest BCUT2D eigenvalue weighted by atomic mass is 9.97. The van der Waals surface area contributed by atoms with Crippen molar-refractivity contribution in [2.75, 3.05) is 6.54 Å². The molecule has 0 bridgehead atoms. The molecule has 0 amide bonds. The van der Waals surface area contributed by atoms with Crippen LogP contribution in [-0.4, -0.2) is 16.1 Å². The van der Waals surface area contributed by atoms with E-state index in [4.69, 9.17) is 5.73 Å². The summed E-state index contributed by atoms with van der Waals surface area (Å²) < 4.78 is 2.30. The minimum absolute atomic E-state index is 0.0634. The molecule has 2 heterocycles. The van der Waals surface area contributed by atoms with Crippen LogP contribution in [0.25, 0.3) is 17.1 Å². The maximum Gasteiger partial charge on any atom is 0.141 e. The zero-order valence-corrected chi connectivity index (χ0v) is 10.6. The summed E-state index contributed by atoms with van der Waals surface area (Å²) in [6.45, 7) is 4.58. The van der Waals surface area contributed by atoms with E-state index in [-0.39, 0.29) is 5.54 Å². The molecule has 1 fully saturated rings. The predicted octanol–water partition coefficient (Wildman–Crippen LogP) is 2.91. The Morgan fingerprint density at radius 3 is 2.89 bits per heavy atom. The molecule has 18 heavy (non-hydrogen) atoms. The lowest BCUT2D eigenvalue weighted by Gasteiger charge is -2.30. The molecule has 0 spiro atoms. The van der Waals surface area contributed by atoms with E-state index in [1.807, 2.05) is 18.3 Å². The van der Waals surface area contributed by atoms with Crippen LogP contribution < -0.4 is 5.73 Å². The molecule has 0 aliphatic heterocycles. The molecule has 3 heteroatoms. The van der Waals surface area contributed by atoms with Crippen LogP contribution in [0.5, 0.6) is 0 Å². The smallest absolute Gasteiger partial charge is 0.141 e. The highest BCUT2D eigenvalue weighted by atomic mass is 15.1. The molecule has 1 aliphatic carbocycles. The van der Waals surface area contributed by atoms with Gasteiger partial charge < -0.3 is 10.3 Å². The summed E-state index contributed by atoms with van der Waals surface area (Å²) >= 11 is 0. The van der Waals surface area contributed by atoms with E-state index in [9.17, 15) is 0 Å². The summed E-state index contributed by atoms with van der Waals surface area (Å²) in [7, 11) is 0. The maximum atomic E-state index is 6.07. The van der Waals surface area contributed by atoms with Gasteiger partial charge in [-0.05, 0) is 25.0 Å². The number of hydrogen-bond donors (Lipinski definition) is 1. The molecular weight excluding hydrogens is 222 g/mol. The fourth-order valence-electron chi connectivity index (χ4n) is 3.18. The van der Waals surface area contributed by atoms with E-state index in [1.165, 1.54) is 18.2 Å². The molecule has 94 valence electrons. The molecule has 0 saturated heterocycles. The van der Waals surface area contributed by atoms with E-state index in [0.29, 0.717) is 6.54 Å². The first-order valence-electron chi connectivity index (χ1n) is 6.60. The predicted molar refractivity (Wildman–Crippen MR) is 75.3 cm³/mol. The Bertz CT molecular complexity index is 576. The van der Waals surface area contributed by atoms with Crippen LogP contribution in [0.1, 0.15) is 31.2 Å². The normalized spacial score (nSPS) is 18.3. The molecule has 3 rings (SSSR count). The van der Waals surface area contributed by atoms with Gasteiger partial charge in [-0.2, -0.15) is 0 Å². The lowest BCUT2D eigenvalue weighted by Crippen LogP contribution is -2.38. The van der Waals surface area contributed by atoms with Gasteiger partial charge in [-0.1, -0.05) is 25.5 Å². The Morgan fingerprint density at radius 1 is 1.44 bits per heavy atom. The number of aromatic nitrogens is 2. The number of pyridine rings is 1. The second kappa shape index (κ2) is 4.25. The third-order valence-electron chi connectivity index (χ3n) is 4.24. The molecule has 0 unspecified atom stereocenters. The summed E-state index contributed by atoms with van der Waals surface area (Å²) in [5.74, 6) is 0. The van der Waals surface area contributed by atoms with Crippen molar-refractivity contribution < 1.29 is 0 Å². The van der Waals surface area contributed by atoms with Gasteiger partial charge in [-0.15, -0.1) is 0 Å². The molecule has 2 aromatic heterocycles. The molecule has 0 aromatic carbocycles. The van der Waals surface area contributed by atoms with Gasteiger partial charge in [0.15, 0.2) is 0 Å². The van der Waals surface area contributed by atoms with Crippen LogP contribution in [0, 0.1) is 0 Å². The molecule has 0 atom stereocenters. The topological polar surface area (TPSA) is 43.8 Å². The first-order valence-corrected chi connectivity index (χ1v) is 6.60. The van der Waals surface area contributed by atoms with E-state index >= 15 is 0 Å². The SMILES string of the molecule is C=Cc1cn(C2(CN)CCCC2)c2ncccc12. The van der Waals surface area contributed by atoms with Crippen LogP contribution in [-0.2, 0) is 5.54 Å². The van der Waals surface area contributed by atoms with Gasteiger partial charge >= 0.3 is 0 Å². The van der Waals surface area contributed by atoms with E-state index in [2.05, 4.69) is 28.4 Å². The highest BCUT2D eigenvalue weighted by Gasteiger charge is 2.35. The van der Waals surface area contributed by atoms with Gasteiger partial charge in [0, 0.05) is 29.9 Å². The van der Waals surface area contributed by atoms with Gasteiger partial charge in [0.05, 0.1) is 5.54 Å². The Hall–Kier alpha value is -1.61. The summed E-state index contributed by atoms with van der Waals surface area (Å²) in [4.78, 5) is 4.55. The first-order chi connectivity index (χ1) is 8.80. The molecule has 2 aromatic rings. The van der Waals surface area contributed by atoms with Gasteiger partial charge in [0.2, 0.25) is 0 Å². The standard InChI is InChI=1S/C15H19N3/c1-2-12-10-18(14-13(12)6-5-9-17-14)15(11-16)7-3-4-8-15/h2,5-6,9-10H,1,3-4,7-8,11,16H2. The second-order valence-corrected chi connectivity index (χ2v) is 5.17. The summed E-state index contributed by atoms with van der Waals surface area (Å²) in [5, 5.41) is 1.17. The van der Waals surface area contributed by atoms with Crippen LogP contribution in [0.3, 0.4) is 0 Å². The van der Waals surface area contributed by atoms with Gasteiger partial charge in [-0.25, -0.2) is 4.98 Å². The molecule has 1 aliphatic rings. The van der Waals surface area contributed by atoms with Crippen LogP contribution in [0.4, 0.5) is 0 Å². The molecule has 2 N–H and O–H groups in total. The Balaban J connectivity index is 2.25. The van der Waals surface area contributed by atoms with E-state index in [1.54, 1.807) is 0 Å². The summed E-state index contributed by atoms with van der Waals surface area (Å²) in [6.07, 6.45) is 10.7. The van der Waals surface area contributed by atoms with Crippen molar-refractivity contribution in [1.82, 2.24) is 9.55 Å². The van der Waals surface area contributed by atoms with Crippen molar-refractivity contribution in [3.63, 3.8) is 0 Å². The van der Waals surface area contributed by atoms with Crippen molar-refractivity contribution in [2.45, 2.75) is 31.2 Å². The number of rotatable bonds is 3. The minimum Gasteiger partial charge on any atom is -0.328 e. The highest BCUT2D eigenvalue weighted by Crippen LogP contribution is 2.38. The molecular formula is C15H19N3. The third-order valence-corrected chi connectivity index (χ3v) is 4.24. The van der Waals surface area contributed by atoms with Gasteiger partial charge in [0.1, 0.15) is 5.65 Å². The third kappa shape index (κ3) is 1.51. The fraction of sp³-hybridized carbons (Fsp3) is 0.400. The Morgan fingerprint density at radius 2 is 2.22 bits per heavy atom. The zero-order valence-electron chi connectivity index (χ0n) is 10.6. The van der Waals surface area contributed by atoms with Crippen LogP contribution in [0.15, 0.2) is 31.1 Å². The zero-order chi connectivity index (χ0) is 12.6. The second-order valence-electron chi connectivity index (χ2n) is 5.17. The van der Waals surface area contributed by atoms with Crippen molar-refractivity contribution in [2.24, 2.45) is 5.73 Å². The van der Waals surface area contributed by atoms with Crippen molar-refractivity contribution >= 4 is 17.1 Å². The average molecular weight is 241 g/mol. The fourth-order valence-corrected chi connectivity index (χ4v) is 3.18. The van der Waals surface area contributed by atoms with Gasteiger partial charge in [0.25, 0.3) is 0 Å². The Kier molecular flexibility index (Phi) is 2.71. The van der Waals surface area contributed by atoms with E-state index < -0.39 is 0 Å². The average Bonchev–Trinajstić information content (AvgIpc) is 3.03. The van der Waals surface area contributed by atoms with Crippen LogP contribution >= 0.6 is 0 Å². The minimum atomic E-state index is 0.0634. The van der Waals surface area contributed by atoms with Crippen molar-refractivity contribution in [3.8, 4) is 0 Å². The monoisotopic (exact) mass is 241 g/mol. The van der Waals surface area contributed by atoms with Crippen molar-refractivity contribution in [3.05, 3.63) is 36.7 Å². The summed E-state index contributed by atoms with van der Waals surface area (Å²) in [5.41, 5.74) is 8.32.